The standard InChI is InChI=1S/C12H12N2O2S/c1-6-3-4-8(5-7(6)2)9-10(11(15)16)14-12(17)13-9/h3-5H,1-2H3,(H,15,16)(H2,13,14,17). The SMILES string of the molecule is Cc1ccc(-c2[nH]c(=S)[nH]c2C(=O)O)cc1C. The number of carboxylic acids is 1. The van der Waals surface area contributed by atoms with Crippen molar-refractivity contribution in [1.29, 1.82) is 0 Å². The van der Waals surface area contributed by atoms with Gasteiger partial charge in [0, 0.05) is 5.56 Å². The quantitative estimate of drug-likeness (QED) is 0.715. The predicted molar refractivity (Wildman–Crippen MR) is 67.8 cm³/mol. The Balaban J connectivity index is 2.63. The normalized spacial score (nSPS) is 10.5. The van der Waals surface area contributed by atoms with Gasteiger partial charge in [-0.25, -0.2) is 4.79 Å². The summed E-state index contributed by atoms with van der Waals surface area (Å²) in [5.41, 5.74) is 3.71. The van der Waals surface area contributed by atoms with Crippen LogP contribution in [0.3, 0.4) is 0 Å². The zero-order chi connectivity index (χ0) is 12.6. The van der Waals surface area contributed by atoms with E-state index < -0.39 is 5.97 Å². The van der Waals surface area contributed by atoms with Crippen LogP contribution < -0.4 is 0 Å². The maximum atomic E-state index is 11.1. The fourth-order valence-electron chi connectivity index (χ4n) is 1.66. The molecule has 0 aliphatic carbocycles. The molecule has 0 unspecified atom stereocenters. The van der Waals surface area contributed by atoms with Gasteiger partial charge in [0.25, 0.3) is 0 Å². The highest BCUT2D eigenvalue weighted by atomic mass is 32.1. The summed E-state index contributed by atoms with van der Waals surface area (Å²) in [5.74, 6) is -1.02. The number of imidazole rings is 1. The first-order chi connectivity index (χ1) is 7.99. The molecule has 1 aromatic heterocycles. The molecule has 88 valence electrons. The number of nitrogens with one attached hydrogen (secondary N) is 2. The van der Waals surface area contributed by atoms with Gasteiger partial charge in [-0.05, 0) is 43.3 Å². The van der Waals surface area contributed by atoms with Crippen molar-refractivity contribution in [2.45, 2.75) is 13.8 Å². The lowest BCUT2D eigenvalue weighted by molar-refractivity contribution is 0.0692. The molecule has 0 radical (unpaired) electrons. The zero-order valence-electron chi connectivity index (χ0n) is 9.50. The van der Waals surface area contributed by atoms with Crippen LogP contribution in [0.1, 0.15) is 21.6 Å². The third-order valence-corrected chi connectivity index (χ3v) is 2.94. The molecule has 3 N–H and O–H groups in total. The Kier molecular flexibility index (Phi) is 2.85. The molecule has 4 nitrogen and oxygen atoms in total. The first-order valence-electron chi connectivity index (χ1n) is 5.12. The van der Waals surface area contributed by atoms with Crippen LogP contribution in [0.25, 0.3) is 11.3 Å². The largest absolute Gasteiger partial charge is 0.477 e. The number of aromatic nitrogens is 2. The Bertz CT molecular complexity index is 640. The lowest BCUT2D eigenvalue weighted by Crippen LogP contribution is -1.99. The molecule has 2 aromatic rings. The number of aromatic amines is 2. The van der Waals surface area contributed by atoms with Gasteiger partial charge in [0.05, 0.1) is 5.69 Å². The van der Waals surface area contributed by atoms with Crippen molar-refractivity contribution in [1.82, 2.24) is 9.97 Å². The van der Waals surface area contributed by atoms with Crippen molar-refractivity contribution in [2.75, 3.05) is 0 Å². The summed E-state index contributed by atoms with van der Waals surface area (Å²) in [6.07, 6.45) is 0. The van der Waals surface area contributed by atoms with Gasteiger partial charge in [-0.15, -0.1) is 0 Å². The number of aromatic carboxylic acids is 1. The smallest absolute Gasteiger partial charge is 0.354 e. The molecule has 0 saturated carbocycles. The highest BCUT2D eigenvalue weighted by molar-refractivity contribution is 7.71. The Morgan fingerprint density at radius 2 is 1.94 bits per heavy atom. The molecule has 17 heavy (non-hydrogen) atoms. The van der Waals surface area contributed by atoms with Gasteiger partial charge in [0.15, 0.2) is 10.5 Å². The van der Waals surface area contributed by atoms with Gasteiger partial charge in [0.1, 0.15) is 0 Å². The molecule has 5 heteroatoms. The molecule has 0 spiro atoms. The zero-order valence-corrected chi connectivity index (χ0v) is 10.3. The monoisotopic (exact) mass is 248 g/mol. The van der Waals surface area contributed by atoms with E-state index in [1.807, 2.05) is 32.0 Å². The van der Waals surface area contributed by atoms with E-state index in [2.05, 4.69) is 9.97 Å². The first-order valence-corrected chi connectivity index (χ1v) is 5.53. The number of rotatable bonds is 2. The van der Waals surface area contributed by atoms with E-state index in [9.17, 15) is 4.79 Å². The maximum Gasteiger partial charge on any atom is 0.354 e. The van der Waals surface area contributed by atoms with E-state index in [-0.39, 0.29) is 5.69 Å². The maximum absolute atomic E-state index is 11.1. The van der Waals surface area contributed by atoms with Gasteiger partial charge >= 0.3 is 5.97 Å². The highest BCUT2D eigenvalue weighted by Gasteiger charge is 2.14. The van der Waals surface area contributed by atoms with Crippen molar-refractivity contribution in [3.8, 4) is 11.3 Å². The van der Waals surface area contributed by atoms with Crippen LogP contribution in [0.2, 0.25) is 0 Å². The van der Waals surface area contributed by atoms with E-state index in [0.717, 1.165) is 11.1 Å². The van der Waals surface area contributed by atoms with Gasteiger partial charge in [0.2, 0.25) is 0 Å². The number of hydrogen-bond acceptors (Lipinski definition) is 2. The van der Waals surface area contributed by atoms with E-state index in [1.165, 1.54) is 5.56 Å². The molecule has 0 saturated heterocycles. The summed E-state index contributed by atoms with van der Waals surface area (Å²) in [4.78, 5) is 16.6. The molecular weight excluding hydrogens is 236 g/mol. The fraction of sp³-hybridized carbons (Fsp3) is 0.167. The summed E-state index contributed by atoms with van der Waals surface area (Å²) in [7, 11) is 0. The van der Waals surface area contributed by atoms with Crippen molar-refractivity contribution in [2.24, 2.45) is 0 Å². The first kappa shape index (κ1) is 11.6. The molecule has 0 fully saturated rings. The molecule has 1 heterocycles. The minimum Gasteiger partial charge on any atom is -0.477 e. The van der Waals surface area contributed by atoms with E-state index in [0.29, 0.717) is 10.5 Å². The third kappa shape index (κ3) is 2.14. The Labute approximate surface area is 103 Å². The van der Waals surface area contributed by atoms with Gasteiger partial charge in [-0.1, -0.05) is 12.1 Å². The number of aryl methyl sites for hydroxylation is 2. The van der Waals surface area contributed by atoms with Crippen molar-refractivity contribution < 1.29 is 9.90 Å². The van der Waals surface area contributed by atoms with Crippen LogP contribution in [0.4, 0.5) is 0 Å². The predicted octanol–water partition coefficient (Wildman–Crippen LogP) is 3.05. The summed E-state index contributed by atoms with van der Waals surface area (Å²) >= 11 is 4.92. The lowest BCUT2D eigenvalue weighted by Gasteiger charge is -2.04. The fourth-order valence-corrected chi connectivity index (χ4v) is 1.86. The van der Waals surface area contributed by atoms with Crippen molar-refractivity contribution in [3.05, 3.63) is 39.8 Å². The van der Waals surface area contributed by atoms with Crippen molar-refractivity contribution in [3.63, 3.8) is 0 Å². The van der Waals surface area contributed by atoms with E-state index in [4.69, 9.17) is 17.3 Å². The minimum absolute atomic E-state index is 0.0956. The molecule has 0 aliphatic heterocycles. The van der Waals surface area contributed by atoms with Gasteiger partial charge < -0.3 is 15.1 Å². The lowest BCUT2D eigenvalue weighted by atomic mass is 10.0. The second kappa shape index (κ2) is 4.18. The summed E-state index contributed by atoms with van der Waals surface area (Å²) in [6, 6.07) is 5.78. The minimum atomic E-state index is -1.02. The third-order valence-electron chi connectivity index (χ3n) is 2.74. The average molecular weight is 248 g/mol. The molecule has 0 aliphatic rings. The summed E-state index contributed by atoms with van der Waals surface area (Å²) in [6.45, 7) is 4.00. The van der Waals surface area contributed by atoms with Crippen LogP contribution in [-0.2, 0) is 0 Å². The Morgan fingerprint density at radius 3 is 2.53 bits per heavy atom. The van der Waals surface area contributed by atoms with E-state index >= 15 is 0 Å². The molecule has 0 amide bonds. The summed E-state index contributed by atoms with van der Waals surface area (Å²) < 4.78 is 0.315. The Morgan fingerprint density at radius 1 is 1.24 bits per heavy atom. The number of benzene rings is 1. The van der Waals surface area contributed by atoms with Crippen molar-refractivity contribution >= 4 is 18.2 Å². The van der Waals surface area contributed by atoms with E-state index in [1.54, 1.807) is 0 Å². The Hall–Kier alpha value is -1.88. The van der Waals surface area contributed by atoms with Crippen LogP contribution in [0.5, 0.6) is 0 Å². The topological polar surface area (TPSA) is 68.9 Å². The summed E-state index contributed by atoms with van der Waals surface area (Å²) in [5, 5.41) is 9.07. The van der Waals surface area contributed by atoms with Crippen LogP contribution in [0, 0.1) is 18.6 Å². The van der Waals surface area contributed by atoms with Gasteiger partial charge in [-0.2, -0.15) is 0 Å². The second-order valence-corrected chi connectivity index (χ2v) is 4.34. The number of hydrogen-bond donors (Lipinski definition) is 3. The molecule has 2 rings (SSSR count). The van der Waals surface area contributed by atoms with Gasteiger partial charge in [-0.3, -0.25) is 0 Å². The van der Waals surface area contributed by atoms with Crippen LogP contribution >= 0.6 is 12.2 Å². The highest BCUT2D eigenvalue weighted by Crippen LogP contribution is 2.23. The molecule has 0 atom stereocenters. The average Bonchev–Trinajstić information content (AvgIpc) is 2.64. The second-order valence-electron chi connectivity index (χ2n) is 3.93. The van der Waals surface area contributed by atoms with Crippen LogP contribution in [-0.4, -0.2) is 21.0 Å². The number of carboxylic acid groups (broad SMARTS) is 1. The van der Waals surface area contributed by atoms with Crippen LogP contribution in [0.15, 0.2) is 18.2 Å². The number of carbonyl (C=O) groups is 1. The number of H-pyrrole nitrogens is 2. The molecule has 0 bridgehead atoms. The molecule has 1 aromatic carbocycles. The molecular formula is C12H12N2O2S.